The highest BCUT2D eigenvalue weighted by molar-refractivity contribution is 7.92. The van der Waals surface area contributed by atoms with E-state index in [1.54, 1.807) is 24.3 Å². The van der Waals surface area contributed by atoms with Crippen LogP contribution in [0.25, 0.3) is 0 Å². The Morgan fingerprint density at radius 1 is 1.10 bits per heavy atom. The number of hydrogen-bond donors (Lipinski definition) is 1. The van der Waals surface area contributed by atoms with Gasteiger partial charge >= 0.3 is 0 Å². The first-order valence-electron chi connectivity index (χ1n) is 9.07. The number of rotatable bonds is 10. The first-order chi connectivity index (χ1) is 13.7. The third-order valence-electron chi connectivity index (χ3n) is 4.12. The van der Waals surface area contributed by atoms with Crippen molar-refractivity contribution in [2.45, 2.75) is 19.4 Å². The molecule has 9 heteroatoms. The number of hydrogen-bond acceptors (Lipinski definition) is 5. The van der Waals surface area contributed by atoms with E-state index in [9.17, 15) is 17.6 Å². The Labute approximate surface area is 170 Å². The number of sulfonamides is 1. The molecule has 0 unspecified atom stereocenters. The Balaban J connectivity index is 1.83. The molecule has 0 spiro atoms. The van der Waals surface area contributed by atoms with Gasteiger partial charge in [0.1, 0.15) is 23.9 Å². The van der Waals surface area contributed by atoms with Gasteiger partial charge in [0.15, 0.2) is 6.10 Å². The van der Waals surface area contributed by atoms with E-state index >= 15 is 0 Å². The minimum atomic E-state index is -3.35. The van der Waals surface area contributed by atoms with Crippen LogP contribution in [-0.2, 0) is 14.8 Å². The normalized spacial score (nSPS) is 12.1. The number of nitrogens with one attached hydrogen (secondary N) is 1. The third kappa shape index (κ3) is 6.94. The summed E-state index contributed by atoms with van der Waals surface area (Å²) in [6.07, 6.45) is 0.879. The minimum absolute atomic E-state index is 0.236. The molecule has 0 radical (unpaired) electrons. The summed E-state index contributed by atoms with van der Waals surface area (Å²) in [6, 6.07) is 12.1. The van der Waals surface area contributed by atoms with E-state index in [1.165, 1.54) is 31.3 Å². The van der Waals surface area contributed by atoms with Crippen molar-refractivity contribution in [1.82, 2.24) is 5.32 Å². The molecule has 1 amide bonds. The maximum atomic E-state index is 12.8. The largest absolute Gasteiger partial charge is 0.492 e. The second-order valence-corrected chi connectivity index (χ2v) is 8.35. The molecule has 0 saturated heterocycles. The van der Waals surface area contributed by atoms with Gasteiger partial charge in [0.25, 0.3) is 5.91 Å². The monoisotopic (exact) mass is 424 g/mol. The topological polar surface area (TPSA) is 84.9 Å². The Hall–Kier alpha value is -2.81. The van der Waals surface area contributed by atoms with Crippen LogP contribution in [0.3, 0.4) is 0 Å². The summed E-state index contributed by atoms with van der Waals surface area (Å²) >= 11 is 0. The number of carbonyl (C=O) groups excluding carboxylic acids is 1. The van der Waals surface area contributed by atoms with Gasteiger partial charge in [-0.3, -0.25) is 9.10 Å². The summed E-state index contributed by atoms with van der Waals surface area (Å²) in [5.74, 6) is 0.348. The van der Waals surface area contributed by atoms with Gasteiger partial charge in [-0.2, -0.15) is 0 Å². The van der Waals surface area contributed by atoms with Gasteiger partial charge in [-0.1, -0.05) is 6.92 Å². The zero-order chi connectivity index (χ0) is 21.4. The molecule has 2 aromatic rings. The van der Waals surface area contributed by atoms with Gasteiger partial charge in [0, 0.05) is 7.05 Å². The Morgan fingerprint density at radius 2 is 1.69 bits per heavy atom. The Bertz CT molecular complexity index is 901. The standard InChI is InChI=1S/C20H25FN2O5S/c1-4-19(20(24)22-13-14-27-17-9-5-15(21)6-10-17)28-18-11-7-16(8-12-18)23(2)29(3,25)26/h5-12,19H,4,13-14H2,1-3H3,(H,22,24)/t19-/m1/s1. The number of amides is 1. The van der Waals surface area contributed by atoms with E-state index < -0.39 is 16.1 Å². The van der Waals surface area contributed by atoms with Crippen molar-refractivity contribution in [1.29, 1.82) is 0 Å². The number of nitrogens with zero attached hydrogens (tertiary/aromatic N) is 1. The molecule has 2 rings (SSSR count). The summed E-state index contributed by atoms with van der Waals surface area (Å²) in [4.78, 5) is 12.3. The van der Waals surface area contributed by atoms with Crippen LogP contribution in [0.2, 0.25) is 0 Å². The molecule has 1 N–H and O–H groups in total. The fourth-order valence-electron chi connectivity index (χ4n) is 2.40. The molecule has 0 heterocycles. The first kappa shape index (κ1) is 22.5. The van der Waals surface area contributed by atoms with Crippen molar-refractivity contribution in [2.75, 3.05) is 30.8 Å². The molecule has 158 valence electrons. The molecular weight excluding hydrogens is 399 g/mol. The fraction of sp³-hybridized carbons (Fsp3) is 0.350. The van der Waals surface area contributed by atoms with Crippen LogP contribution in [0, 0.1) is 5.82 Å². The number of benzene rings is 2. The molecule has 2 aromatic carbocycles. The zero-order valence-corrected chi connectivity index (χ0v) is 17.4. The summed E-state index contributed by atoms with van der Waals surface area (Å²) in [5.41, 5.74) is 0.496. The molecule has 0 aliphatic heterocycles. The highest BCUT2D eigenvalue weighted by Gasteiger charge is 2.18. The lowest BCUT2D eigenvalue weighted by atomic mass is 10.2. The van der Waals surface area contributed by atoms with E-state index in [0.717, 1.165) is 10.6 Å². The van der Waals surface area contributed by atoms with Crippen molar-refractivity contribution in [3.05, 3.63) is 54.3 Å². The maximum Gasteiger partial charge on any atom is 0.261 e. The van der Waals surface area contributed by atoms with E-state index in [1.807, 2.05) is 6.92 Å². The summed E-state index contributed by atoms with van der Waals surface area (Å²) in [6.45, 7) is 2.33. The van der Waals surface area contributed by atoms with Crippen LogP contribution >= 0.6 is 0 Å². The fourth-order valence-corrected chi connectivity index (χ4v) is 2.91. The molecule has 29 heavy (non-hydrogen) atoms. The molecule has 0 aliphatic rings. The first-order valence-corrected chi connectivity index (χ1v) is 10.9. The van der Waals surface area contributed by atoms with Crippen LogP contribution in [0.4, 0.5) is 10.1 Å². The van der Waals surface area contributed by atoms with Crippen molar-refractivity contribution >= 4 is 21.6 Å². The minimum Gasteiger partial charge on any atom is -0.492 e. The Kier molecular flexibility index (Phi) is 7.83. The lowest BCUT2D eigenvalue weighted by Gasteiger charge is -2.19. The van der Waals surface area contributed by atoms with Crippen molar-refractivity contribution in [3.63, 3.8) is 0 Å². The summed E-state index contributed by atoms with van der Waals surface area (Å²) < 4.78 is 48.3. The highest BCUT2D eigenvalue weighted by atomic mass is 32.2. The third-order valence-corrected chi connectivity index (χ3v) is 5.33. The van der Waals surface area contributed by atoms with Gasteiger partial charge in [0.2, 0.25) is 10.0 Å². The van der Waals surface area contributed by atoms with Gasteiger partial charge in [-0.25, -0.2) is 12.8 Å². The smallest absolute Gasteiger partial charge is 0.261 e. The predicted molar refractivity (Wildman–Crippen MR) is 109 cm³/mol. The van der Waals surface area contributed by atoms with E-state index in [4.69, 9.17) is 9.47 Å². The van der Waals surface area contributed by atoms with Gasteiger partial charge < -0.3 is 14.8 Å². The van der Waals surface area contributed by atoms with Crippen LogP contribution < -0.4 is 19.1 Å². The predicted octanol–water partition coefficient (Wildman–Crippen LogP) is 2.57. The molecule has 0 aliphatic carbocycles. The Morgan fingerprint density at radius 3 is 2.24 bits per heavy atom. The van der Waals surface area contributed by atoms with E-state index in [0.29, 0.717) is 23.6 Å². The number of anilines is 1. The molecular formula is C20H25FN2O5S. The van der Waals surface area contributed by atoms with Crippen LogP contribution in [-0.4, -0.2) is 46.9 Å². The molecule has 0 bridgehead atoms. The number of halogens is 1. The molecule has 0 fully saturated rings. The molecule has 0 aromatic heterocycles. The van der Waals surface area contributed by atoms with Crippen molar-refractivity contribution in [2.24, 2.45) is 0 Å². The summed E-state index contributed by atoms with van der Waals surface area (Å²) in [7, 11) is -1.89. The average molecular weight is 424 g/mol. The second kappa shape index (κ2) is 10.1. The van der Waals surface area contributed by atoms with Gasteiger partial charge in [-0.15, -0.1) is 0 Å². The number of carbonyl (C=O) groups is 1. The average Bonchev–Trinajstić information content (AvgIpc) is 2.69. The zero-order valence-electron chi connectivity index (χ0n) is 16.6. The van der Waals surface area contributed by atoms with Gasteiger partial charge in [-0.05, 0) is 55.0 Å². The lowest BCUT2D eigenvalue weighted by Crippen LogP contribution is -2.39. The molecule has 1 atom stereocenters. The SMILES string of the molecule is CC[C@@H](Oc1ccc(N(C)S(C)(=O)=O)cc1)C(=O)NCCOc1ccc(F)cc1. The van der Waals surface area contributed by atoms with E-state index in [2.05, 4.69) is 5.32 Å². The van der Waals surface area contributed by atoms with E-state index in [-0.39, 0.29) is 24.9 Å². The lowest BCUT2D eigenvalue weighted by molar-refractivity contribution is -0.128. The maximum absolute atomic E-state index is 12.8. The second-order valence-electron chi connectivity index (χ2n) is 6.33. The summed E-state index contributed by atoms with van der Waals surface area (Å²) in [5, 5.41) is 2.73. The van der Waals surface area contributed by atoms with Gasteiger partial charge in [0.05, 0.1) is 18.5 Å². The molecule has 0 saturated carbocycles. The number of ether oxygens (including phenoxy) is 2. The van der Waals surface area contributed by atoms with Crippen molar-refractivity contribution < 1.29 is 27.1 Å². The van der Waals surface area contributed by atoms with Crippen molar-refractivity contribution in [3.8, 4) is 11.5 Å². The quantitative estimate of drug-likeness (QED) is 0.593. The van der Waals surface area contributed by atoms with Crippen LogP contribution in [0.1, 0.15) is 13.3 Å². The highest BCUT2D eigenvalue weighted by Crippen LogP contribution is 2.21. The van der Waals surface area contributed by atoms with Crippen LogP contribution in [0.5, 0.6) is 11.5 Å². The molecule has 7 nitrogen and oxygen atoms in total. The van der Waals surface area contributed by atoms with Crippen LogP contribution in [0.15, 0.2) is 48.5 Å².